The smallest absolute Gasteiger partial charge is 0.253 e. The van der Waals surface area contributed by atoms with Crippen LogP contribution in [0.5, 0.6) is 5.75 Å². The van der Waals surface area contributed by atoms with Crippen LogP contribution in [0.3, 0.4) is 0 Å². The molecule has 0 radical (unpaired) electrons. The molecule has 5 rings (SSSR count). The summed E-state index contributed by atoms with van der Waals surface area (Å²) < 4.78 is 5.87. The zero-order valence-corrected chi connectivity index (χ0v) is 21.8. The van der Waals surface area contributed by atoms with E-state index in [1.54, 1.807) is 6.20 Å². The maximum Gasteiger partial charge on any atom is 0.253 e. The van der Waals surface area contributed by atoms with E-state index >= 15 is 0 Å². The van der Waals surface area contributed by atoms with Crippen LogP contribution in [0.4, 0.5) is 10.9 Å². The van der Waals surface area contributed by atoms with Crippen molar-refractivity contribution in [2.45, 2.75) is 45.3 Å². The number of thiazole rings is 1. The molecule has 2 aromatic heterocycles. The fraction of sp³-hybridized carbons (Fsp3) is 0.407. The number of ether oxygens (including phenoxy) is 1. The average Bonchev–Trinajstić information content (AvgIpc) is 3.60. The molecule has 0 spiro atoms. The number of piperidine rings is 1. The first kappa shape index (κ1) is 25.2. The topological polar surface area (TPSA) is 114 Å². The van der Waals surface area contributed by atoms with Crippen molar-refractivity contribution in [2.24, 2.45) is 0 Å². The second kappa shape index (κ2) is 11.3. The van der Waals surface area contributed by atoms with Gasteiger partial charge in [0.2, 0.25) is 5.91 Å². The van der Waals surface area contributed by atoms with Crippen LogP contribution in [0.15, 0.2) is 41.9 Å². The van der Waals surface area contributed by atoms with Crippen molar-refractivity contribution in [1.29, 1.82) is 0 Å². The lowest BCUT2D eigenvalue weighted by molar-refractivity contribution is -0.114. The second-order valence-electron chi connectivity index (χ2n) is 9.57. The lowest BCUT2D eigenvalue weighted by Gasteiger charge is -2.36. The van der Waals surface area contributed by atoms with Crippen molar-refractivity contribution in [1.82, 2.24) is 19.8 Å². The van der Waals surface area contributed by atoms with Gasteiger partial charge in [-0.05, 0) is 62.5 Å². The number of rotatable bonds is 7. The van der Waals surface area contributed by atoms with Crippen LogP contribution < -0.4 is 15.8 Å². The Morgan fingerprint density at radius 2 is 1.84 bits per heavy atom. The molecule has 2 aliphatic rings. The molecule has 2 fully saturated rings. The predicted octanol–water partition coefficient (Wildman–Crippen LogP) is 4.03. The summed E-state index contributed by atoms with van der Waals surface area (Å²) in [7, 11) is 0. The van der Waals surface area contributed by atoms with E-state index in [-0.39, 0.29) is 24.2 Å². The van der Waals surface area contributed by atoms with Crippen LogP contribution in [0.2, 0.25) is 0 Å². The lowest BCUT2D eigenvalue weighted by Crippen LogP contribution is -2.45. The number of anilines is 2. The Bertz CT molecular complexity index is 1250. The molecule has 3 N–H and O–H groups in total. The van der Waals surface area contributed by atoms with Crippen molar-refractivity contribution in [2.75, 3.05) is 37.2 Å². The van der Waals surface area contributed by atoms with Gasteiger partial charge in [0.25, 0.3) is 5.91 Å². The molecule has 194 valence electrons. The number of aromatic nitrogens is 2. The van der Waals surface area contributed by atoms with E-state index in [9.17, 15) is 9.59 Å². The van der Waals surface area contributed by atoms with Crippen molar-refractivity contribution < 1.29 is 14.3 Å². The van der Waals surface area contributed by atoms with Crippen molar-refractivity contribution in [3.8, 4) is 16.9 Å². The number of likely N-dealkylation sites (tertiary alicyclic amines) is 2. The number of hydrogen-bond donors (Lipinski definition) is 2. The minimum absolute atomic E-state index is 0.0905. The number of benzene rings is 1. The molecule has 0 atom stereocenters. The van der Waals surface area contributed by atoms with Gasteiger partial charge in [-0.15, -0.1) is 11.3 Å². The van der Waals surface area contributed by atoms with E-state index in [0.29, 0.717) is 28.2 Å². The van der Waals surface area contributed by atoms with Crippen LogP contribution in [-0.2, 0) is 11.4 Å². The van der Waals surface area contributed by atoms with Crippen LogP contribution in [0.25, 0.3) is 11.1 Å². The third kappa shape index (κ3) is 6.08. The number of nitrogens with one attached hydrogen (secondary N) is 1. The second-order valence-corrected chi connectivity index (χ2v) is 10.4. The van der Waals surface area contributed by atoms with Crippen LogP contribution >= 0.6 is 11.3 Å². The molecule has 2 saturated heterocycles. The normalized spacial score (nSPS) is 16.6. The number of carbonyl (C=O) groups excluding carboxylic acids is 2. The summed E-state index contributed by atoms with van der Waals surface area (Å²) in [6.45, 7) is 5.68. The summed E-state index contributed by atoms with van der Waals surface area (Å²) in [4.78, 5) is 37.5. The third-order valence-corrected chi connectivity index (χ3v) is 7.77. The van der Waals surface area contributed by atoms with Gasteiger partial charge in [-0.3, -0.25) is 9.59 Å². The number of pyridine rings is 1. The van der Waals surface area contributed by atoms with Gasteiger partial charge in [0.05, 0.1) is 5.69 Å². The Kier molecular flexibility index (Phi) is 7.66. The molecule has 3 aromatic rings. The van der Waals surface area contributed by atoms with Crippen molar-refractivity contribution >= 4 is 34.1 Å². The summed E-state index contributed by atoms with van der Waals surface area (Å²) in [6, 6.07) is 10.1. The number of amides is 2. The molecule has 2 amide bonds. The molecule has 0 unspecified atom stereocenters. The summed E-state index contributed by atoms with van der Waals surface area (Å²) in [5, 5.41) is 5.01. The molecule has 10 heteroatoms. The van der Waals surface area contributed by atoms with Gasteiger partial charge < -0.3 is 25.6 Å². The summed E-state index contributed by atoms with van der Waals surface area (Å²) in [5.74, 6) is 0.656. The van der Waals surface area contributed by atoms with E-state index < -0.39 is 0 Å². The van der Waals surface area contributed by atoms with E-state index in [1.165, 1.54) is 44.2 Å². The fourth-order valence-electron chi connectivity index (χ4n) is 4.99. The van der Waals surface area contributed by atoms with Gasteiger partial charge in [-0.1, -0.05) is 12.1 Å². The van der Waals surface area contributed by atoms with Gasteiger partial charge in [0.15, 0.2) is 16.7 Å². The number of nitrogens with zero attached hydrogens (tertiary/aromatic N) is 4. The van der Waals surface area contributed by atoms with Gasteiger partial charge in [-0.2, -0.15) is 0 Å². The molecular weight excluding hydrogens is 488 g/mol. The number of nitrogens with two attached hydrogens (primary N) is 1. The zero-order chi connectivity index (χ0) is 25.8. The van der Waals surface area contributed by atoms with Gasteiger partial charge in [-0.25, -0.2) is 9.97 Å². The van der Waals surface area contributed by atoms with E-state index in [4.69, 9.17) is 10.5 Å². The molecular formula is C27H32N6O3S. The molecule has 1 aromatic carbocycles. The van der Waals surface area contributed by atoms with Crippen LogP contribution in [-0.4, -0.2) is 63.8 Å². The van der Waals surface area contributed by atoms with Crippen molar-refractivity contribution in [3.05, 3.63) is 53.2 Å². The SMILES string of the molecule is CC(=O)Nc1nc(COc2cc(-c3ccc(C(=O)N4CCC(N5CCCC5)CC4)cc3)cnc2N)cs1. The molecule has 4 heterocycles. The molecule has 37 heavy (non-hydrogen) atoms. The molecule has 2 aliphatic heterocycles. The largest absolute Gasteiger partial charge is 0.483 e. The maximum atomic E-state index is 13.1. The highest BCUT2D eigenvalue weighted by atomic mass is 32.1. The first-order chi connectivity index (χ1) is 18.0. The average molecular weight is 521 g/mol. The van der Waals surface area contributed by atoms with Gasteiger partial charge >= 0.3 is 0 Å². The zero-order valence-electron chi connectivity index (χ0n) is 21.0. The highest BCUT2D eigenvalue weighted by molar-refractivity contribution is 7.13. The number of nitrogen functional groups attached to an aromatic ring is 1. The number of hydrogen-bond acceptors (Lipinski definition) is 8. The van der Waals surface area contributed by atoms with E-state index in [0.717, 1.165) is 37.1 Å². The Labute approximate surface area is 220 Å². The first-order valence-electron chi connectivity index (χ1n) is 12.7. The third-order valence-electron chi connectivity index (χ3n) is 6.97. The number of carbonyl (C=O) groups is 2. The highest BCUT2D eigenvalue weighted by Crippen LogP contribution is 2.29. The maximum absolute atomic E-state index is 13.1. The Hall–Kier alpha value is -3.50. The van der Waals surface area contributed by atoms with Crippen LogP contribution in [0, 0.1) is 0 Å². The molecule has 0 bridgehead atoms. The summed E-state index contributed by atoms with van der Waals surface area (Å²) in [6.07, 6.45) is 6.41. The minimum Gasteiger partial charge on any atom is -0.483 e. The summed E-state index contributed by atoms with van der Waals surface area (Å²) >= 11 is 1.33. The highest BCUT2D eigenvalue weighted by Gasteiger charge is 2.28. The van der Waals surface area contributed by atoms with Crippen molar-refractivity contribution in [3.63, 3.8) is 0 Å². The van der Waals surface area contributed by atoms with E-state index in [2.05, 4.69) is 20.2 Å². The lowest BCUT2D eigenvalue weighted by atomic mass is 10.0. The quantitative estimate of drug-likeness (QED) is 0.484. The standard InChI is InChI=1S/C27H32N6O3S/c1-18(34)30-27-31-22(17-37-27)16-36-24-14-21(15-29-25(24)28)19-4-6-20(7-5-19)26(35)33-12-8-23(9-13-33)32-10-2-3-11-32/h4-7,14-15,17,23H,2-3,8-13,16H2,1H3,(H2,28,29)(H,30,31,34). The predicted molar refractivity (Wildman–Crippen MR) is 145 cm³/mol. The Balaban J connectivity index is 1.20. The molecule has 0 saturated carbocycles. The Morgan fingerprint density at radius 1 is 1.11 bits per heavy atom. The monoisotopic (exact) mass is 520 g/mol. The van der Waals surface area contributed by atoms with Crippen LogP contribution in [0.1, 0.15) is 48.7 Å². The molecule has 0 aliphatic carbocycles. The molecule has 9 nitrogen and oxygen atoms in total. The summed E-state index contributed by atoms with van der Waals surface area (Å²) in [5.41, 5.74) is 9.18. The minimum atomic E-state index is -0.169. The fourth-order valence-corrected chi connectivity index (χ4v) is 5.73. The van der Waals surface area contributed by atoms with E-state index in [1.807, 2.05) is 40.6 Å². The Morgan fingerprint density at radius 3 is 2.54 bits per heavy atom. The van der Waals surface area contributed by atoms with Gasteiger partial charge in [0, 0.05) is 48.8 Å². The first-order valence-corrected chi connectivity index (χ1v) is 13.6. The van der Waals surface area contributed by atoms with Gasteiger partial charge in [0.1, 0.15) is 6.61 Å².